The number of nitrogens with zero attached hydrogens (tertiary/aromatic N) is 2. The Morgan fingerprint density at radius 3 is 2.75 bits per heavy atom. The molecular weight excluding hydrogens is 297 g/mol. The third-order valence-electron chi connectivity index (χ3n) is 2.54. The van der Waals surface area contributed by atoms with Gasteiger partial charge in [-0.05, 0) is 24.1 Å². The van der Waals surface area contributed by atoms with E-state index >= 15 is 0 Å². The lowest BCUT2D eigenvalue weighted by Gasteiger charge is -2.24. The molecule has 0 aliphatic heterocycles. The number of carbonyl (C=O) groups excluding carboxylic acids is 1. The maximum Gasteiger partial charge on any atom is 0.321 e. The summed E-state index contributed by atoms with van der Waals surface area (Å²) in [5, 5.41) is 12.3. The largest absolute Gasteiger partial charge is 0.323 e. The van der Waals surface area contributed by atoms with E-state index in [1.54, 1.807) is 23.1 Å². The minimum Gasteiger partial charge on any atom is -0.323 e. The van der Waals surface area contributed by atoms with E-state index in [1.807, 2.05) is 19.9 Å². The van der Waals surface area contributed by atoms with E-state index in [0.29, 0.717) is 41.2 Å². The van der Waals surface area contributed by atoms with Crippen molar-refractivity contribution in [1.82, 2.24) is 4.90 Å². The van der Waals surface area contributed by atoms with Crippen molar-refractivity contribution in [2.75, 3.05) is 18.4 Å². The first-order chi connectivity index (χ1) is 9.43. The molecule has 1 aromatic rings. The zero-order valence-electron chi connectivity index (χ0n) is 11.5. The van der Waals surface area contributed by atoms with Crippen LogP contribution in [0.1, 0.15) is 20.3 Å². The lowest BCUT2D eigenvalue weighted by atomic mass is 10.2. The molecule has 0 aliphatic rings. The van der Waals surface area contributed by atoms with Crippen molar-refractivity contribution in [2.45, 2.75) is 20.3 Å². The summed E-state index contributed by atoms with van der Waals surface area (Å²) in [7, 11) is 0. The van der Waals surface area contributed by atoms with Gasteiger partial charge in [-0.1, -0.05) is 37.0 Å². The number of urea groups is 1. The van der Waals surface area contributed by atoms with Crippen molar-refractivity contribution in [2.24, 2.45) is 5.92 Å². The van der Waals surface area contributed by atoms with Gasteiger partial charge in [0.25, 0.3) is 0 Å². The molecule has 1 rings (SSSR count). The van der Waals surface area contributed by atoms with E-state index in [0.717, 1.165) is 0 Å². The van der Waals surface area contributed by atoms with Gasteiger partial charge in [0.2, 0.25) is 0 Å². The molecule has 0 aromatic heterocycles. The highest BCUT2D eigenvalue weighted by atomic mass is 35.5. The second-order valence-corrected chi connectivity index (χ2v) is 5.65. The third kappa shape index (κ3) is 5.28. The predicted octanol–water partition coefficient (Wildman–Crippen LogP) is 4.40. The van der Waals surface area contributed by atoms with Crippen molar-refractivity contribution >= 4 is 34.9 Å². The van der Waals surface area contributed by atoms with E-state index in [2.05, 4.69) is 5.32 Å². The Morgan fingerprint density at radius 1 is 1.45 bits per heavy atom. The standard InChI is InChI=1S/C14H17Cl2N3O/c1-10(2)9-19(7-3-6-17)14(20)18-13-8-11(15)4-5-12(13)16/h4-5,8,10H,3,7,9H2,1-2H3,(H,18,20). The zero-order valence-corrected chi connectivity index (χ0v) is 13.0. The van der Waals surface area contributed by atoms with Gasteiger partial charge < -0.3 is 10.2 Å². The Bertz CT molecular complexity index is 512. The van der Waals surface area contributed by atoms with Crippen LogP contribution >= 0.6 is 23.2 Å². The Balaban J connectivity index is 2.79. The summed E-state index contributed by atoms with van der Waals surface area (Å²) >= 11 is 11.9. The molecule has 0 unspecified atom stereocenters. The topological polar surface area (TPSA) is 56.1 Å². The van der Waals surface area contributed by atoms with Crippen LogP contribution < -0.4 is 5.32 Å². The summed E-state index contributed by atoms with van der Waals surface area (Å²) in [4.78, 5) is 13.8. The van der Waals surface area contributed by atoms with Crippen molar-refractivity contribution in [3.63, 3.8) is 0 Å². The summed E-state index contributed by atoms with van der Waals surface area (Å²) in [6, 6.07) is 6.64. The molecule has 0 aliphatic carbocycles. The molecule has 4 nitrogen and oxygen atoms in total. The van der Waals surface area contributed by atoms with E-state index in [9.17, 15) is 4.79 Å². The molecule has 0 bridgehead atoms. The fraction of sp³-hybridized carbons (Fsp3) is 0.429. The van der Waals surface area contributed by atoms with Crippen molar-refractivity contribution in [3.05, 3.63) is 28.2 Å². The smallest absolute Gasteiger partial charge is 0.321 e. The van der Waals surface area contributed by atoms with Crippen LogP contribution in [-0.2, 0) is 0 Å². The fourth-order valence-corrected chi connectivity index (χ4v) is 2.03. The van der Waals surface area contributed by atoms with Crippen LogP contribution in [0.4, 0.5) is 10.5 Å². The molecule has 0 saturated carbocycles. The van der Waals surface area contributed by atoms with Crippen LogP contribution in [0, 0.1) is 17.2 Å². The highest BCUT2D eigenvalue weighted by Crippen LogP contribution is 2.25. The van der Waals surface area contributed by atoms with Crippen LogP contribution in [0.5, 0.6) is 0 Å². The summed E-state index contributed by atoms with van der Waals surface area (Å²) in [5.41, 5.74) is 0.467. The number of nitrogens with one attached hydrogen (secondary N) is 1. The van der Waals surface area contributed by atoms with Gasteiger partial charge in [-0.2, -0.15) is 5.26 Å². The molecule has 1 N–H and O–H groups in total. The Morgan fingerprint density at radius 2 is 2.15 bits per heavy atom. The molecular formula is C14H17Cl2N3O. The van der Waals surface area contributed by atoms with E-state index in [4.69, 9.17) is 28.5 Å². The normalized spacial score (nSPS) is 10.2. The SMILES string of the molecule is CC(C)CN(CCC#N)C(=O)Nc1cc(Cl)ccc1Cl. The molecule has 0 heterocycles. The molecule has 0 atom stereocenters. The summed E-state index contributed by atoms with van der Waals surface area (Å²) in [5.74, 6) is 0.314. The Hall–Kier alpha value is -1.44. The molecule has 0 radical (unpaired) electrons. The third-order valence-corrected chi connectivity index (χ3v) is 3.10. The van der Waals surface area contributed by atoms with Crippen molar-refractivity contribution in [1.29, 1.82) is 5.26 Å². The van der Waals surface area contributed by atoms with E-state index in [-0.39, 0.29) is 6.03 Å². The van der Waals surface area contributed by atoms with Crippen molar-refractivity contribution in [3.8, 4) is 6.07 Å². The number of anilines is 1. The lowest BCUT2D eigenvalue weighted by Crippen LogP contribution is -2.38. The van der Waals surface area contributed by atoms with Crippen LogP contribution in [0.2, 0.25) is 10.0 Å². The average molecular weight is 314 g/mol. The number of amides is 2. The van der Waals surface area contributed by atoms with Gasteiger partial charge in [0.05, 0.1) is 23.2 Å². The molecule has 6 heteroatoms. The lowest BCUT2D eigenvalue weighted by molar-refractivity contribution is 0.206. The van der Waals surface area contributed by atoms with Gasteiger partial charge in [0, 0.05) is 18.1 Å². The van der Waals surface area contributed by atoms with Crippen LogP contribution in [0.25, 0.3) is 0 Å². The number of hydrogen-bond acceptors (Lipinski definition) is 2. The first kappa shape index (κ1) is 16.6. The van der Waals surface area contributed by atoms with Crippen LogP contribution in [0.3, 0.4) is 0 Å². The molecule has 2 amide bonds. The predicted molar refractivity (Wildman–Crippen MR) is 82.1 cm³/mol. The molecule has 108 valence electrons. The molecule has 0 saturated heterocycles. The Kier molecular flexibility index (Phi) is 6.63. The maximum absolute atomic E-state index is 12.2. The maximum atomic E-state index is 12.2. The number of halogens is 2. The van der Waals surface area contributed by atoms with Gasteiger partial charge in [-0.25, -0.2) is 4.79 Å². The van der Waals surface area contributed by atoms with Gasteiger partial charge in [-0.15, -0.1) is 0 Å². The fourth-order valence-electron chi connectivity index (χ4n) is 1.69. The quantitative estimate of drug-likeness (QED) is 0.876. The first-order valence-corrected chi connectivity index (χ1v) is 7.07. The number of benzene rings is 1. The van der Waals surface area contributed by atoms with Gasteiger partial charge in [-0.3, -0.25) is 0 Å². The van der Waals surface area contributed by atoms with Gasteiger partial charge in [0.1, 0.15) is 0 Å². The second-order valence-electron chi connectivity index (χ2n) is 4.80. The summed E-state index contributed by atoms with van der Waals surface area (Å²) in [6.45, 7) is 4.99. The highest BCUT2D eigenvalue weighted by Gasteiger charge is 2.16. The van der Waals surface area contributed by atoms with Gasteiger partial charge in [0.15, 0.2) is 0 Å². The average Bonchev–Trinajstić information content (AvgIpc) is 2.38. The van der Waals surface area contributed by atoms with Crippen LogP contribution in [-0.4, -0.2) is 24.0 Å². The summed E-state index contributed by atoms with van der Waals surface area (Å²) < 4.78 is 0. The number of rotatable bonds is 5. The highest BCUT2D eigenvalue weighted by molar-refractivity contribution is 6.35. The molecule has 20 heavy (non-hydrogen) atoms. The Labute approximate surface area is 129 Å². The zero-order chi connectivity index (χ0) is 15.1. The molecule has 0 fully saturated rings. The van der Waals surface area contributed by atoms with Gasteiger partial charge >= 0.3 is 6.03 Å². The summed E-state index contributed by atoms with van der Waals surface area (Å²) in [6.07, 6.45) is 0.295. The molecule has 0 spiro atoms. The van der Waals surface area contributed by atoms with E-state index in [1.165, 1.54) is 0 Å². The first-order valence-electron chi connectivity index (χ1n) is 6.32. The monoisotopic (exact) mass is 313 g/mol. The molecule has 1 aromatic carbocycles. The number of carbonyl (C=O) groups is 1. The van der Waals surface area contributed by atoms with Crippen molar-refractivity contribution < 1.29 is 4.79 Å². The van der Waals surface area contributed by atoms with Crippen LogP contribution in [0.15, 0.2) is 18.2 Å². The number of hydrogen-bond donors (Lipinski definition) is 1. The number of nitriles is 1. The van der Waals surface area contributed by atoms with E-state index < -0.39 is 0 Å². The minimum absolute atomic E-state index is 0.280. The second kappa shape index (κ2) is 7.98. The minimum atomic E-state index is -0.280.